The lowest BCUT2D eigenvalue weighted by atomic mass is 10.0. The number of aliphatic hydroxyl groups excluding tert-OH is 2. The third-order valence-corrected chi connectivity index (χ3v) is 2.24. The van der Waals surface area contributed by atoms with Crippen LogP contribution in [0.5, 0.6) is 0 Å². The Morgan fingerprint density at radius 3 is 2.43 bits per heavy atom. The Morgan fingerprint density at radius 2 is 1.93 bits per heavy atom. The molecule has 6 N–H and O–H groups in total. The number of rotatable bonds is 2. The van der Waals surface area contributed by atoms with Gasteiger partial charge in [0.15, 0.2) is 6.29 Å². The van der Waals surface area contributed by atoms with E-state index in [2.05, 4.69) is 4.52 Å². The monoisotopic (exact) mass is 229 g/mol. The van der Waals surface area contributed by atoms with Crippen molar-refractivity contribution >= 4 is 7.82 Å². The largest absolute Gasteiger partial charge is 0.472 e. The van der Waals surface area contributed by atoms with E-state index in [1.165, 1.54) is 0 Å². The van der Waals surface area contributed by atoms with Gasteiger partial charge in [-0.05, 0) is 0 Å². The quantitative estimate of drug-likeness (QED) is 0.327. The Hall–Kier alpha value is -0.0500. The third-order valence-electron chi connectivity index (χ3n) is 1.76. The van der Waals surface area contributed by atoms with Gasteiger partial charge in [0.25, 0.3) is 0 Å². The van der Waals surface area contributed by atoms with Crippen LogP contribution in [0.15, 0.2) is 0 Å². The summed E-state index contributed by atoms with van der Waals surface area (Å²) < 4.78 is 19.2. The highest BCUT2D eigenvalue weighted by Gasteiger charge is 2.40. The number of hydrogen-bond acceptors (Lipinski definition) is 6. The van der Waals surface area contributed by atoms with Crippen LogP contribution >= 0.6 is 7.82 Å². The van der Waals surface area contributed by atoms with Crippen molar-refractivity contribution in [2.75, 3.05) is 6.61 Å². The first-order valence-electron chi connectivity index (χ1n) is 3.78. The number of phosphoric acid groups is 1. The molecule has 8 nitrogen and oxygen atoms in total. The van der Waals surface area contributed by atoms with Crippen LogP contribution in [0.25, 0.3) is 0 Å². The Bertz CT molecular complexity index is 242. The molecule has 0 amide bonds. The predicted molar refractivity (Wildman–Crippen MR) is 42.9 cm³/mol. The maximum absolute atomic E-state index is 10.4. The van der Waals surface area contributed by atoms with Gasteiger partial charge in [-0.1, -0.05) is 0 Å². The van der Waals surface area contributed by atoms with E-state index in [1.807, 2.05) is 0 Å². The second-order valence-electron chi connectivity index (χ2n) is 2.94. The normalized spacial score (nSPS) is 39.8. The molecule has 1 rings (SSSR count). The molecule has 0 unspecified atom stereocenters. The molecule has 1 saturated heterocycles. The fraction of sp³-hybridized carbons (Fsp3) is 1.00. The molecular formula is C5H12NO7P. The van der Waals surface area contributed by atoms with Crippen molar-refractivity contribution in [2.24, 2.45) is 5.73 Å². The smallest absolute Gasteiger partial charge is 0.388 e. The van der Waals surface area contributed by atoms with E-state index in [1.54, 1.807) is 0 Å². The molecule has 1 fully saturated rings. The fourth-order valence-corrected chi connectivity index (χ4v) is 1.50. The summed E-state index contributed by atoms with van der Waals surface area (Å²) in [6.07, 6.45) is -4.47. The molecule has 0 aliphatic carbocycles. The zero-order valence-corrected chi connectivity index (χ0v) is 7.95. The molecule has 14 heavy (non-hydrogen) atoms. The van der Waals surface area contributed by atoms with E-state index < -0.39 is 32.4 Å². The number of hydrogen-bond donors (Lipinski definition) is 5. The summed E-state index contributed by atoms with van der Waals surface area (Å²) in [5.74, 6) is 0. The summed E-state index contributed by atoms with van der Waals surface area (Å²) in [4.78, 5) is 16.8. The van der Waals surface area contributed by atoms with E-state index in [-0.39, 0.29) is 6.61 Å². The van der Waals surface area contributed by atoms with Gasteiger partial charge in [0.2, 0.25) is 0 Å². The second kappa shape index (κ2) is 4.21. The lowest BCUT2D eigenvalue weighted by molar-refractivity contribution is -0.218. The van der Waals surface area contributed by atoms with Gasteiger partial charge in [0, 0.05) is 0 Å². The molecule has 84 valence electrons. The molecule has 1 aliphatic rings. The maximum atomic E-state index is 10.4. The van der Waals surface area contributed by atoms with Crippen molar-refractivity contribution in [1.82, 2.24) is 0 Å². The molecule has 1 aliphatic heterocycles. The van der Waals surface area contributed by atoms with Gasteiger partial charge in [-0.15, -0.1) is 0 Å². The molecular weight excluding hydrogens is 217 g/mol. The highest BCUT2D eigenvalue weighted by atomic mass is 31.2. The highest BCUT2D eigenvalue weighted by molar-refractivity contribution is 7.46. The zero-order valence-electron chi connectivity index (χ0n) is 7.05. The molecule has 0 radical (unpaired) electrons. The van der Waals surface area contributed by atoms with Crippen LogP contribution in [-0.4, -0.2) is 51.1 Å². The average molecular weight is 229 g/mol. The Balaban J connectivity index is 2.60. The van der Waals surface area contributed by atoms with Gasteiger partial charge < -0.3 is 30.5 Å². The van der Waals surface area contributed by atoms with E-state index in [9.17, 15) is 14.8 Å². The van der Waals surface area contributed by atoms with Gasteiger partial charge in [-0.3, -0.25) is 4.52 Å². The van der Waals surface area contributed by atoms with E-state index >= 15 is 0 Å². The van der Waals surface area contributed by atoms with Crippen molar-refractivity contribution in [3.63, 3.8) is 0 Å². The summed E-state index contributed by atoms with van der Waals surface area (Å²) in [6.45, 7) is -0.150. The van der Waals surface area contributed by atoms with Crippen molar-refractivity contribution in [2.45, 2.75) is 24.5 Å². The zero-order chi connectivity index (χ0) is 10.9. The SMILES string of the molecule is N[C@H]1CO[C@@H](OP(=O)(O)O)[C@@H](O)[C@H]1O. The fourth-order valence-electron chi connectivity index (χ4n) is 1.05. The van der Waals surface area contributed by atoms with Gasteiger partial charge in [0.05, 0.1) is 12.6 Å². The standard InChI is InChI=1S/C5H12NO7P/c6-2-1-12-5(4(8)3(2)7)13-14(9,10)11/h2-5,7-8H,1,6H2,(H2,9,10,11)/t2-,3-,4-,5-/m0/s1. The van der Waals surface area contributed by atoms with Crippen LogP contribution < -0.4 is 5.73 Å². The predicted octanol–water partition coefficient (Wildman–Crippen LogP) is -2.50. The highest BCUT2D eigenvalue weighted by Crippen LogP contribution is 2.39. The molecule has 0 aromatic rings. The van der Waals surface area contributed by atoms with Crippen molar-refractivity contribution in [1.29, 1.82) is 0 Å². The maximum Gasteiger partial charge on any atom is 0.472 e. The summed E-state index contributed by atoms with van der Waals surface area (Å²) in [7, 11) is -4.75. The molecule has 0 aromatic carbocycles. The molecule has 4 atom stereocenters. The summed E-state index contributed by atoms with van der Waals surface area (Å²) in [6, 6.07) is -0.804. The van der Waals surface area contributed by atoms with Crippen molar-refractivity contribution in [3.05, 3.63) is 0 Å². The molecule has 0 spiro atoms. The Morgan fingerprint density at radius 1 is 1.36 bits per heavy atom. The molecule has 1 heterocycles. The van der Waals surface area contributed by atoms with E-state index in [0.717, 1.165) is 0 Å². The Labute approximate surface area is 79.5 Å². The first-order chi connectivity index (χ1) is 6.31. The Kier molecular flexibility index (Phi) is 3.62. The second-order valence-corrected chi connectivity index (χ2v) is 4.13. The number of aliphatic hydroxyl groups is 2. The first-order valence-corrected chi connectivity index (χ1v) is 5.31. The third kappa shape index (κ3) is 2.97. The molecule has 0 aromatic heterocycles. The van der Waals surface area contributed by atoms with E-state index in [0.29, 0.717) is 0 Å². The van der Waals surface area contributed by atoms with Crippen molar-refractivity contribution < 1.29 is 33.8 Å². The van der Waals surface area contributed by atoms with Gasteiger partial charge in [-0.2, -0.15) is 0 Å². The molecule has 9 heteroatoms. The number of phosphoric ester groups is 1. The van der Waals surface area contributed by atoms with Gasteiger partial charge in [-0.25, -0.2) is 4.57 Å². The average Bonchev–Trinajstić information content (AvgIpc) is 2.04. The minimum atomic E-state index is -4.75. The summed E-state index contributed by atoms with van der Waals surface area (Å²) in [5, 5.41) is 18.5. The topological polar surface area (TPSA) is 142 Å². The van der Waals surface area contributed by atoms with Crippen LogP contribution in [-0.2, 0) is 13.8 Å². The first kappa shape index (κ1) is 12.0. The lowest BCUT2D eigenvalue weighted by Crippen LogP contribution is -2.56. The number of nitrogens with two attached hydrogens (primary N) is 1. The van der Waals surface area contributed by atoms with Crippen molar-refractivity contribution in [3.8, 4) is 0 Å². The number of ether oxygens (including phenoxy) is 1. The molecule has 0 bridgehead atoms. The van der Waals surface area contributed by atoms with Crippen LogP contribution in [0.1, 0.15) is 0 Å². The van der Waals surface area contributed by atoms with E-state index in [4.69, 9.17) is 20.3 Å². The van der Waals surface area contributed by atoms with Crippen LogP contribution in [0.4, 0.5) is 0 Å². The van der Waals surface area contributed by atoms with Crippen LogP contribution in [0.3, 0.4) is 0 Å². The van der Waals surface area contributed by atoms with Crippen LogP contribution in [0.2, 0.25) is 0 Å². The summed E-state index contributed by atoms with van der Waals surface area (Å²) in [5.41, 5.74) is 5.31. The van der Waals surface area contributed by atoms with Crippen LogP contribution in [0, 0.1) is 0 Å². The van der Waals surface area contributed by atoms with Gasteiger partial charge in [0.1, 0.15) is 12.2 Å². The molecule has 0 saturated carbocycles. The van der Waals surface area contributed by atoms with Gasteiger partial charge >= 0.3 is 7.82 Å². The lowest BCUT2D eigenvalue weighted by Gasteiger charge is -2.35. The minimum absolute atomic E-state index is 0.150. The summed E-state index contributed by atoms with van der Waals surface area (Å²) >= 11 is 0. The minimum Gasteiger partial charge on any atom is -0.388 e.